The minimum absolute atomic E-state index is 0.829. The Labute approximate surface area is 98.6 Å². The van der Waals surface area contributed by atoms with Gasteiger partial charge in [-0.25, -0.2) is 0 Å². The largest absolute Gasteiger partial charge is 0.314 e. The van der Waals surface area contributed by atoms with Crippen LogP contribution in [0.4, 0.5) is 0 Å². The van der Waals surface area contributed by atoms with Crippen molar-refractivity contribution in [3.63, 3.8) is 0 Å². The maximum Gasteiger partial charge on any atom is 0.00683 e. The molecular weight excluding hydrogens is 194 g/mol. The minimum Gasteiger partial charge on any atom is -0.314 e. The summed E-state index contributed by atoms with van der Waals surface area (Å²) < 4.78 is 0. The first-order valence-corrected chi connectivity index (χ1v) is 6.23. The fourth-order valence-electron chi connectivity index (χ4n) is 1.75. The first kappa shape index (κ1) is 11.4. The molecule has 2 rings (SSSR count). The molecule has 0 aromatic heterocycles. The van der Waals surface area contributed by atoms with Gasteiger partial charge in [-0.1, -0.05) is 30.4 Å². The van der Waals surface area contributed by atoms with E-state index in [1.54, 1.807) is 0 Å². The number of benzene rings is 1. The Morgan fingerprint density at radius 3 is 2.75 bits per heavy atom. The van der Waals surface area contributed by atoms with Gasteiger partial charge in [0.05, 0.1) is 0 Å². The third-order valence-corrected chi connectivity index (χ3v) is 3.16. The molecule has 0 aliphatic heterocycles. The van der Waals surface area contributed by atoms with Crippen LogP contribution in [0.1, 0.15) is 36.0 Å². The van der Waals surface area contributed by atoms with Gasteiger partial charge in [-0.05, 0) is 56.3 Å². The summed E-state index contributed by atoms with van der Waals surface area (Å²) in [5.74, 6) is 0. The zero-order valence-corrected chi connectivity index (χ0v) is 10.3. The van der Waals surface area contributed by atoms with Crippen LogP contribution >= 0.6 is 0 Å². The third-order valence-electron chi connectivity index (χ3n) is 3.16. The van der Waals surface area contributed by atoms with Gasteiger partial charge in [-0.2, -0.15) is 0 Å². The van der Waals surface area contributed by atoms with Gasteiger partial charge in [0, 0.05) is 6.04 Å². The van der Waals surface area contributed by atoms with Crippen LogP contribution in [-0.2, 0) is 0 Å². The van der Waals surface area contributed by atoms with Gasteiger partial charge >= 0.3 is 0 Å². The fourth-order valence-corrected chi connectivity index (χ4v) is 1.75. The van der Waals surface area contributed by atoms with Crippen molar-refractivity contribution in [1.82, 2.24) is 5.32 Å². The lowest BCUT2D eigenvalue weighted by molar-refractivity contribution is 0.691. The van der Waals surface area contributed by atoms with Crippen LogP contribution in [0, 0.1) is 13.8 Å². The van der Waals surface area contributed by atoms with Crippen LogP contribution in [0.2, 0.25) is 0 Å². The van der Waals surface area contributed by atoms with Gasteiger partial charge < -0.3 is 5.32 Å². The first-order chi connectivity index (χ1) is 7.75. The molecular formula is C15H21N. The van der Waals surface area contributed by atoms with Gasteiger partial charge in [0.15, 0.2) is 0 Å². The smallest absolute Gasteiger partial charge is 0.00683 e. The molecule has 1 aromatic carbocycles. The quantitative estimate of drug-likeness (QED) is 0.742. The monoisotopic (exact) mass is 215 g/mol. The molecule has 1 fully saturated rings. The summed E-state index contributed by atoms with van der Waals surface area (Å²) in [5, 5.41) is 3.51. The summed E-state index contributed by atoms with van der Waals surface area (Å²) in [6.45, 7) is 5.44. The van der Waals surface area contributed by atoms with E-state index in [-0.39, 0.29) is 0 Å². The molecule has 0 heterocycles. The van der Waals surface area contributed by atoms with Crippen molar-refractivity contribution in [3.05, 3.63) is 41.0 Å². The topological polar surface area (TPSA) is 12.0 Å². The van der Waals surface area contributed by atoms with Crippen LogP contribution in [0.25, 0.3) is 6.08 Å². The van der Waals surface area contributed by atoms with Gasteiger partial charge in [0.1, 0.15) is 0 Å². The molecule has 1 nitrogen and oxygen atoms in total. The van der Waals surface area contributed by atoms with Crippen LogP contribution in [0.5, 0.6) is 0 Å². The zero-order valence-electron chi connectivity index (χ0n) is 10.3. The van der Waals surface area contributed by atoms with Crippen LogP contribution in [0.3, 0.4) is 0 Å². The highest BCUT2D eigenvalue weighted by atomic mass is 14.9. The lowest BCUT2D eigenvalue weighted by Crippen LogP contribution is -2.16. The van der Waals surface area contributed by atoms with Crippen molar-refractivity contribution in [3.8, 4) is 0 Å². The van der Waals surface area contributed by atoms with Crippen molar-refractivity contribution in [2.75, 3.05) is 6.54 Å². The van der Waals surface area contributed by atoms with Crippen molar-refractivity contribution in [2.45, 2.75) is 39.2 Å². The minimum atomic E-state index is 0.829. The van der Waals surface area contributed by atoms with Crippen LogP contribution in [0.15, 0.2) is 24.3 Å². The molecule has 16 heavy (non-hydrogen) atoms. The average Bonchev–Trinajstić information content (AvgIpc) is 3.07. The molecule has 86 valence electrons. The van der Waals surface area contributed by atoms with E-state index in [1.165, 1.54) is 29.5 Å². The molecule has 0 radical (unpaired) electrons. The Kier molecular flexibility index (Phi) is 3.79. The summed E-state index contributed by atoms with van der Waals surface area (Å²) >= 11 is 0. The highest BCUT2D eigenvalue weighted by molar-refractivity contribution is 5.51. The van der Waals surface area contributed by atoms with Crippen molar-refractivity contribution in [1.29, 1.82) is 0 Å². The predicted octanol–water partition coefficient (Wildman–Crippen LogP) is 3.46. The molecule has 0 atom stereocenters. The molecule has 1 aliphatic carbocycles. The number of hydrogen-bond acceptors (Lipinski definition) is 1. The maximum atomic E-state index is 3.51. The van der Waals surface area contributed by atoms with E-state index in [1.807, 2.05) is 0 Å². The Hall–Kier alpha value is -1.08. The molecule has 1 aromatic rings. The van der Waals surface area contributed by atoms with E-state index in [2.05, 4.69) is 49.5 Å². The zero-order chi connectivity index (χ0) is 11.4. The number of rotatable bonds is 5. The normalized spacial score (nSPS) is 15.9. The lowest BCUT2D eigenvalue weighted by atomic mass is 10.1. The number of aryl methyl sites for hydroxylation is 2. The summed E-state index contributed by atoms with van der Waals surface area (Å²) in [5.41, 5.74) is 4.06. The highest BCUT2D eigenvalue weighted by Gasteiger charge is 2.19. The van der Waals surface area contributed by atoms with E-state index in [9.17, 15) is 0 Å². The summed E-state index contributed by atoms with van der Waals surface area (Å²) in [6, 6.07) is 7.46. The Bertz CT molecular complexity index is 375. The van der Waals surface area contributed by atoms with Gasteiger partial charge in [-0.3, -0.25) is 0 Å². The van der Waals surface area contributed by atoms with Gasteiger partial charge in [0.2, 0.25) is 0 Å². The second-order valence-electron chi connectivity index (χ2n) is 4.76. The Morgan fingerprint density at radius 1 is 1.25 bits per heavy atom. The molecule has 0 spiro atoms. The standard InChI is InChI=1S/C15H21N/c1-12-6-7-14(11-13(12)2)5-3-4-10-16-15-8-9-15/h3,5-7,11,15-16H,4,8-10H2,1-2H3. The molecule has 1 aliphatic rings. The number of nitrogens with one attached hydrogen (secondary N) is 1. The van der Waals surface area contributed by atoms with Crippen molar-refractivity contribution < 1.29 is 0 Å². The lowest BCUT2D eigenvalue weighted by Gasteiger charge is -2.01. The predicted molar refractivity (Wildman–Crippen MR) is 70.6 cm³/mol. The summed E-state index contributed by atoms with van der Waals surface area (Å²) in [4.78, 5) is 0. The maximum absolute atomic E-state index is 3.51. The summed E-state index contributed by atoms with van der Waals surface area (Å²) in [7, 11) is 0. The summed E-state index contributed by atoms with van der Waals surface area (Å²) in [6.07, 6.45) is 8.37. The van der Waals surface area contributed by atoms with Crippen LogP contribution < -0.4 is 5.32 Å². The highest BCUT2D eigenvalue weighted by Crippen LogP contribution is 2.18. The Morgan fingerprint density at radius 2 is 2.06 bits per heavy atom. The van der Waals surface area contributed by atoms with Crippen molar-refractivity contribution >= 4 is 6.08 Å². The van der Waals surface area contributed by atoms with E-state index in [0.717, 1.165) is 19.0 Å². The van der Waals surface area contributed by atoms with E-state index < -0.39 is 0 Å². The molecule has 1 heteroatoms. The molecule has 0 amide bonds. The SMILES string of the molecule is Cc1ccc(C=CCCNC2CC2)cc1C. The van der Waals surface area contributed by atoms with Gasteiger partial charge in [-0.15, -0.1) is 0 Å². The van der Waals surface area contributed by atoms with E-state index in [0.29, 0.717) is 0 Å². The van der Waals surface area contributed by atoms with Crippen LogP contribution in [-0.4, -0.2) is 12.6 Å². The second kappa shape index (κ2) is 5.31. The average molecular weight is 215 g/mol. The van der Waals surface area contributed by atoms with Crippen molar-refractivity contribution in [2.24, 2.45) is 0 Å². The second-order valence-corrected chi connectivity index (χ2v) is 4.76. The third kappa shape index (κ3) is 3.49. The molecule has 1 saturated carbocycles. The molecule has 0 unspecified atom stereocenters. The van der Waals surface area contributed by atoms with E-state index in [4.69, 9.17) is 0 Å². The van der Waals surface area contributed by atoms with E-state index >= 15 is 0 Å². The Balaban J connectivity index is 1.77. The molecule has 1 N–H and O–H groups in total. The first-order valence-electron chi connectivity index (χ1n) is 6.23. The molecule has 0 saturated heterocycles. The van der Waals surface area contributed by atoms with Gasteiger partial charge in [0.25, 0.3) is 0 Å². The number of hydrogen-bond donors (Lipinski definition) is 1. The molecule has 0 bridgehead atoms. The fraction of sp³-hybridized carbons (Fsp3) is 0.467.